The maximum Gasteiger partial charge on any atom is 0.263 e. The molecule has 1 N–H and O–H groups in total. The van der Waals surface area contributed by atoms with Crippen molar-refractivity contribution in [1.82, 2.24) is 5.32 Å². The van der Waals surface area contributed by atoms with Crippen molar-refractivity contribution in [1.29, 1.82) is 0 Å². The largest absolute Gasteiger partial charge is 0.476 e. The lowest BCUT2D eigenvalue weighted by atomic mass is 10.00. The number of sulfonamides is 1. The minimum Gasteiger partial charge on any atom is -0.476 e. The third-order valence-electron chi connectivity index (χ3n) is 4.36. The maximum absolute atomic E-state index is 12.5. The van der Waals surface area contributed by atoms with E-state index in [4.69, 9.17) is 16.3 Å². The number of fused-ring (bicyclic) bond motifs is 1. The number of benzene rings is 1. The van der Waals surface area contributed by atoms with Crippen molar-refractivity contribution in [2.75, 3.05) is 23.7 Å². The molecule has 1 atom stereocenters. The molecule has 1 aliphatic heterocycles. The zero-order valence-corrected chi connectivity index (χ0v) is 15.6. The lowest BCUT2D eigenvalue weighted by Gasteiger charge is -2.34. The van der Waals surface area contributed by atoms with E-state index in [1.807, 2.05) is 0 Å². The quantitative estimate of drug-likeness (QED) is 0.809. The van der Waals surface area contributed by atoms with Crippen LogP contribution in [0.25, 0.3) is 0 Å². The van der Waals surface area contributed by atoms with Gasteiger partial charge in [0.2, 0.25) is 10.0 Å². The Labute approximate surface area is 152 Å². The molecule has 0 bridgehead atoms. The number of hydrogen-bond donors (Lipinski definition) is 1. The van der Waals surface area contributed by atoms with Gasteiger partial charge >= 0.3 is 0 Å². The number of carbonyl (C=O) groups excluding carboxylic acids is 1. The average Bonchev–Trinajstić information content (AvgIpc) is 2.58. The Morgan fingerprint density at radius 1 is 1.40 bits per heavy atom. The average molecular weight is 385 g/mol. The molecule has 3 rings (SSSR count). The van der Waals surface area contributed by atoms with Gasteiger partial charge in [-0.2, -0.15) is 0 Å². The first-order valence-electron chi connectivity index (χ1n) is 8.24. The number of ether oxygens (including phenoxy) is 1. The van der Waals surface area contributed by atoms with Gasteiger partial charge in [0.15, 0.2) is 6.10 Å². The number of hydrogen-bond acceptors (Lipinski definition) is 4. The van der Waals surface area contributed by atoms with Crippen LogP contribution in [0, 0.1) is 0 Å². The molecule has 1 heterocycles. The summed E-state index contributed by atoms with van der Waals surface area (Å²) in [6, 6.07) is 4.71. The number of rotatable bonds is 4. The van der Waals surface area contributed by atoms with Gasteiger partial charge in [0, 0.05) is 11.6 Å². The Bertz CT molecular complexity index is 807. The van der Waals surface area contributed by atoms with Gasteiger partial charge in [0.25, 0.3) is 5.91 Å². The van der Waals surface area contributed by atoms with Crippen LogP contribution < -0.4 is 14.4 Å². The second-order valence-electron chi connectivity index (χ2n) is 6.34. The first-order valence-corrected chi connectivity index (χ1v) is 10.5. The zero-order valence-electron chi connectivity index (χ0n) is 14.0. The van der Waals surface area contributed by atoms with E-state index in [9.17, 15) is 13.2 Å². The molecule has 1 amide bonds. The van der Waals surface area contributed by atoms with Gasteiger partial charge in [0.05, 0.1) is 18.5 Å². The topological polar surface area (TPSA) is 75.7 Å². The van der Waals surface area contributed by atoms with Gasteiger partial charge in [-0.3, -0.25) is 9.10 Å². The third kappa shape index (κ3) is 4.27. The molecule has 0 saturated heterocycles. The summed E-state index contributed by atoms with van der Waals surface area (Å²) >= 11 is 5.96. The number of amides is 1. The molecule has 25 heavy (non-hydrogen) atoms. The zero-order chi connectivity index (χ0) is 18.0. The minimum atomic E-state index is -3.55. The molecule has 0 radical (unpaired) electrons. The molecule has 0 unspecified atom stereocenters. The molecule has 2 aliphatic rings. The van der Waals surface area contributed by atoms with Crippen molar-refractivity contribution in [3.05, 3.63) is 34.9 Å². The monoisotopic (exact) mass is 384 g/mol. The Balaban J connectivity index is 1.76. The number of anilines is 1. The predicted molar refractivity (Wildman–Crippen MR) is 97.6 cm³/mol. The van der Waals surface area contributed by atoms with Gasteiger partial charge in [-0.1, -0.05) is 23.3 Å². The minimum absolute atomic E-state index is 0.0724. The van der Waals surface area contributed by atoms with E-state index in [1.54, 1.807) is 12.1 Å². The van der Waals surface area contributed by atoms with Crippen LogP contribution in [0.15, 0.2) is 29.8 Å². The normalized spacial score (nSPS) is 20.3. The highest BCUT2D eigenvalue weighted by Gasteiger charge is 2.35. The fraction of sp³-hybridized carbons (Fsp3) is 0.471. The van der Waals surface area contributed by atoms with Gasteiger partial charge < -0.3 is 10.1 Å². The van der Waals surface area contributed by atoms with E-state index in [0.717, 1.165) is 25.5 Å². The Morgan fingerprint density at radius 3 is 2.88 bits per heavy atom. The summed E-state index contributed by atoms with van der Waals surface area (Å²) in [5, 5.41) is 3.26. The van der Waals surface area contributed by atoms with Gasteiger partial charge in [-0.25, -0.2) is 8.42 Å². The van der Waals surface area contributed by atoms with E-state index in [2.05, 4.69) is 11.4 Å². The van der Waals surface area contributed by atoms with Crippen LogP contribution in [-0.4, -0.2) is 39.8 Å². The Morgan fingerprint density at radius 2 is 2.20 bits per heavy atom. The fourth-order valence-corrected chi connectivity index (χ4v) is 4.13. The van der Waals surface area contributed by atoms with E-state index >= 15 is 0 Å². The summed E-state index contributed by atoms with van der Waals surface area (Å²) in [7, 11) is -3.55. The lowest BCUT2D eigenvalue weighted by Crippen LogP contribution is -2.50. The summed E-state index contributed by atoms with van der Waals surface area (Å²) in [5.74, 6) is 0.0128. The predicted octanol–water partition coefficient (Wildman–Crippen LogP) is 2.48. The SMILES string of the molecule is CS(=O)(=O)N1C[C@H](C(=O)NCC2=CCCCC2)Oc2ccc(Cl)cc21. The van der Waals surface area contributed by atoms with Crippen LogP contribution >= 0.6 is 11.6 Å². The van der Waals surface area contributed by atoms with Crippen LogP contribution in [0.5, 0.6) is 5.75 Å². The molecule has 136 valence electrons. The highest BCUT2D eigenvalue weighted by Crippen LogP contribution is 2.37. The maximum atomic E-state index is 12.5. The van der Waals surface area contributed by atoms with Gasteiger partial charge in [-0.05, 0) is 43.9 Å². The standard InChI is InChI=1S/C17H21ClN2O4S/c1-25(22,23)20-11-16(24-15-8-7-13(18)9-14(15)20)17(21)19-10-12-5-3-2-4-6-12/h5,7-9,16H,2-4,6,10-11H2,1H3,(H,19,21)/t16-/m1/s1. The second kappa shape index (κ2) is 7.25. The highest BCUT2D eigenvalue weighted by molar-refractivity contribution is 7.92. The van der Waals surface area contributed by atoms with E-state index in [1.165, 1.54) is 22.4 Å². The van der Waals surface area contributed by atoms with Crippen LogP contribution in [0.4, 0.5) is 5.69 Å². The molecule has 0 saturated carbocycles. The Kier molecular flexibility index (Phi) is 5.24. The summed E-state index contributed by atoms with van der Waals surface area (Å²) in [6.45, 7) is 0.405. The molecule has 1 aromatic rings. The summed E-state index contributed by atoms with van der Waals surface area (Å²) in [4.78, 5) is 12.5. The summed E-state index contributed by atoms with van der Waals surface area (Å²) < 4.78 is 31.1. The van der Waals surface area contributed by atoms with E-state index < -0.39 is 16.1 Å². The number of halogens is 1. The highest BCUT2D eigenvalue weighted by atomic mass is 35.5. The molecule has 8 heteroatoms. The van der Waals surface area contributed by atoms with Crippen molar-refractivity contribution in [3.8, 4) is 5.75 Å². The summed E-state index contributed by atoms with van der Waals surface area (Å²) in [6.07, 6.45) is 6.72. The number of carbonyl (C=O) groups is 1. The number of nitrogens with zero attached hydrogens (tertiary/aromatic N) is 1. The molecular weight excluding hydrogens is 364 g/mol. The van der Waals surface area contributed by atoms with Gasteiger partial charge in [-0.15, -0.1) is 0 Å². The fourth-order valence-electron chi connectivity index (χ4n) is 3.05. The second-order valence-corrected chi connectivity index (χ2v) is 8.68. The number of allylic oxidation sites excluding steroid dienone is 1. The summed E-state index contributed by atoms with van der Waals surface area (Å²) in [5.41, 5.74) is 1.57. The van der Waals surface area contributed by atoms with Gasteiger partial charge in [0.1, 0.15) is 5.75 Å². The van der Waals surface area contributed by atoms with E-state index in [0.29, 0.717) is 23.0 Å². The van der Waals surface area contributed by atoms with Crippen molar-refractivity contribution in [3.63, 3.8) is 0 Å². The molecule has 0 aromatic heterocycles. The number of nitrogens with one attached hydrogen (secondary N) is 1. The van der Waals surface area contributed by atoms with Crippen molar-refractivity contribution in [2.45, 2.75) is 31.8 Å². The molecule has 1 aliphatic carbocycles. The lowest BCUT2D eigenvalue weighted by molar-refractivity contribution is -0.127. The molecule has 0 fully saturated rings. The van der Waals surface area contributed by atoms with Crippen LogP contribution in [0.2, 0.25) is 5.02 Å². The van der Waals surface area contributed by atoms with Crippen molar-refractivity contribution >= 4 is 33.2 Å². The van der Waals surface area contributed by atoms with Crippen LogP contribution in [-0.2, 0) is 14.8 Å². The third-order valence-corrected chi connectivity index (χ3v) is 5.74. The smallest absolute Gasteiger partial charge is 0.263 e. The molecular formula is C17H21ClN2O4S. The first-order chi connectivity index (χ1) is 11.8. The van der Waals surface area contributed by atoms with Crippen LogP contribution in [0.1, 0.15) is 25.7 Å². The van der Waals surface area contributed by atoms with Crippen molar-refractivity contribution in [2.24, 2.45) is 0 Å². The molecule has 0 spiro atoms. The van der Waals surface area contributed by atoms with E-state index in [-0.39, 0.29) is 12.5 Å². The van der Waals surface area contributed by atoms with Crippen molar-refractivity contribution < 1.29 is 17.9 Å². The molecule has 1 aromatic carbocycles. The molecule has 6 nitrogen and oxygen atoms in total. The first kappa shape index (κ1) is 18.1. The van der Waals surface area contributed by atoms with Crippen LogP contribution in [0.3, 0.4) is 0 Å². The Hall–Kier alpha value is -1.73.